The molecule has 2 aliphatic rings. The third-order valence-corrected chi connectivity index (χ3v) is 7.66. The number of nitrogens with one attached hydrogen (secondary N) is 2. The molecule has 0 bridgehead atoms. The Kier molecular flexibility index (Phi) is 7.61. The zero-order valence-electron chi connectivity index (χ0n) is 22.7. The summed E-state index contributed by atoms with van der Waals surface area (Å²) in [6, 6.07) is 14.3. The lowest BCUT2D eigenvalue weighted by Crippen LogP contribution is -2.45. The van der Waals surface area contributed by atoms with Crippen molar-refractivity contribution in [3.8, 4) is 28.3 Å². The van der Waals surface area contributed by atoms with Gasteiger partial charge in [0.05, 0.1) is 11.1 Å². The smallest absolute Gasteiger partial charge is 0.321 e. The molecule has 0 aliphatic carbocycles. The van der Waals surface area contributed by atoms with Gasteiger partial charge >= 0.3 is 6.03 Å². The minimum Gasteiger partial charge on any atom is -0.492 e. The number of hydrogen-bond acceptors (Lipinski definition) is 6. The predicted octanol–water partition coefficient (Wildman–Crippen LogP) is 4.68. The molecule has 208 valence electrons. The molecule has 2 amide bonds. The predicted molar refractivity (Wildman–Crippen MR) is 154 cm³/mol. The summed E-state index contributed by atoms with van der Waals surface area (Å²) in [5, 5.41) is 2.87. The molecule has 4 aromatic rings. The maximum absolute atomic E-state index is 14.8. The van der Waals surface area contributed by atoms with Gasteiger partial charge in [0.2, 0.25) is 0 Å². The summed E-state index contributed by atoms with van der Waals surface area (Å²) in [5.41, 5.74) is 3.90. The number of hydrogen-bond donors (Lipinski definition) is 2. The van der Waals surface area contributed by atoms with E-state index in [2.05, 4.69) is 37.1 Å². The quantitative estimate of drug-likeness (QED) is 0.352. The van der Waals surface area contributed by atoms with Gasteiger partial charge in [-0.1, -0.05) is 12.1 Å². The van der Waals surface area contributed by atoms with Gasteiger partial charge < -0.3 is 24.8 Å². The molecule has 10 heteroatoms. The number of halogens is 1. The fraction of sp³-hybridized carbons (Fsp3) is 0.367. The van der Waals surface area contributed by atoms with Crippen molar-refractivity contribution < 1.29 is 13.9 Å². The van der Waals surface area contributed by atoms with Crippen LogP contribution in [0.1, 0.15) is 12.8 Å². The second kappa shape index (κ2) is 11.6. The Labute approximate surface area is 233 Å². The molecule has 2 N–H and O–H groups in total. The number of H-pyrrole nitrogens is 1. The normalized spacial score (nSPS) is 16.5. The molecule has 0 saturated carbocycles. The fourth-order valence-corrected chi connectivity index (χ4v) is 5.20. The van der Waals surface area contributed by atoms with Crippen LogP contribution in [0, 0.1) is 5.82 Å². The van der Waals surface area contributed by atoms with Crippen molar-refractivity contribution in [3.63, 3.8) is 0 Å². The summed E-state index contributed by atoms with van der Waals surface area (Å²) in [6.07, 6.45) is 3.77. The lowest BCUT2D eigenvalue weighted by atomic mass is 10.1. The van der Waals surface area contributed by atoms with Gasteiger partial charge in [0.1, 0.15) is 24.0 Å². The number of anilines is 1. The molecule has 0 atom stereocenters. The van der Waals surface area contributed by atoms with Crippen LogP contribution in [0.4, 0.5) is 14.9 Å². The van der Waals surface area contributed by atoms with E-state index in [1.807, 2.05) is 30.3 Å². The largest absolute Gasteiger partial charge is 0.492 e. The second-order valence-electron chi connectivity index (χ2n) is 10.5. The highest BCUT2D eigenvalue weighted by Crippen LogP contribution is 2.29. The van der Waals surface area contributed by atoms with Gasteiger partial charge in [0.15, 0.2) is 5.65 Å². The van der Waals surface area contributed by atoms with Crippen LogP contribution >= 0.6 is 0 Å². The number of carbonyl (C=O) groups excluding carboxylic acids is 1. The highest BCUT2D eigenvalue weighted by atomic mass is 19.1. The molecule has 2 aromatic carbocycles. The van der Waals surface area contributed by atoms with E-state index in [1.165, 1.54) is 6.07 Å². The van der Waals surface area contributed by atoms with Crippen LogP contribution in [-0.2, 0) is 0 Å². The van der Waals surface area contributed by atoms with E-state index < -0.39 is 5.82 Å². The molecule has 0 unspecified atom stereocenters. The van der Waals surface area contributed by atoms with Crippen molar-refractivity contribution in [3.05, 3.63) is 60.5 Å². The Morgan fingerprint density at radius 3 is 2.55 bits per heavy atom. The zero-order chi connectivity index (χ0) is 27.5. The Hall–Kier alpha value is -4.02. The average molecular weight is 544 g/mol. The number of imidazole rings is 1. The van der Waals surface area contributed by atoms with Crippen LogP contribution in [0.3, 0.4) is 0 Å². The number of likely N-dealkylation sites (tertiary alicyclic amines) is 1. The lowest BCUT2D eigenvalue weighted by Gasteiger charge is -2.32. The Balaban J connectivity index is 1.12. The van der Waals surface area contributed by atoms with Gasteiger partial charge in [-0.05, 0) is 61.9 Å². The van der Waals surface area contributed by atoms with Crippen LogP contribution in [0.5, 0.6) is 5.75 Å². The summed E-state index contributed by atoms with van der Waals surface area (Å²) in [5.74, 6) is 0.767. The first-order valence-corrected chi connectivity index (χ1v) is 13.9. The number of urea groups is 1. The standard InChI is InChI=1S/C30H34FN7O2/c1-36-12-14-37(15-13-36)16-17-40-24-7-4-21(5-8-24)22-18-27-29(32-20-22)35-28(34-27)25-19-23(6-9-26(25)31)33-30(39)38-10-2-3-11-38/h4-9,18-20H,2-3,10-17H2,1H3,(H,33,39)(H,32,34,35). The molecule has 9 nitrogen and oxygen atoms in total. The maximum atomic E-state index is 14.8. The topological polar surface area (TPSA) is 89.6 Å². The molecule has 2 aromatic heterocycles. The number of nitrogens with zero attached hydrogens (tertiary/aromatic N) is 5. The monoisotopic (exact) mass is 543 g/mol. The van der Waals surface area contributed by atoms with Crippen LogP contribution in [0.15, 0.2) is 54.7 Å². The molecule has 0 spiro atoms. The fourth-order valence-electron chi connectivity index (χ4n) is 5.20. The number of amides is 2. The number of ether oxygens (including phenoxy) is 1. The van der Waals surface area contributed by atoms with Gasteiger partial charge in [-0.15, -0.1) is 0 Å². The molecule has 2 aliphatic heterocycles. The summed E-state index contributed by atoms with van der Waals surface area (Å²) < 4.78 is 20.8. The molecule has 2 fully saturated rings. The third kappa shape index (κ3) is 5.93. The van der Waals surface area contributed by atoms with Crippen LogP contribution in [0.2, 0.25) is 0 Å². The molecule has 0 radical (unpaired) electrons. The van der Waals surface area contributed by atoms with Crippen molar-refractivity contribution in [2.24, 2.45) is 0 Å². The van der Waals surface area contributed by atoms with E-state index >= 15 is 0 Å². The third-order valence-electron chi connectivity index (χ3n) is 7.66. The highest BCUT2D eigenvalue weighted by Gasteiger charge is 2.19. The number of pyridine rings is 1. The Bertz CT molecular complexity index is 1480. The molecule has 40 heavy (non-hydrogen) atoms. The Morgan fingerprint density at radius 1 is 1.00 bits per heavy atom. The van der Waals surface area contributed by atoms with Crippen molar-refractivity contribution in [2.45, 2.75) is 12.8 Å². The molecular weight excluding hydrogens is 509 g/mol. The highest BCUT2D eigenvalue weighted by molar-refractivity contribution is 5.90. The van der Waals surface area contributed by atoms with Crippen molar-refractivity contribution >= 4 is 22.9 Å². The molecular formula is C30H34FN7O2. The van der Waals surface area contributed by atoms with E-state index in [0.717, 1.165) is 75.5 Å². The van der Waals surface area contributed by atoms with Gasteiger partial charge in [0, 0.05) is 63.3 Å². The van der Waals surface area contributed by atoms with Gasteiger partial charge in [-0.2, -0.15) is 0 Å². The first-order chi connectivity index (χ1) is 19.5. The van der Waals surface area contributed by atoms with Crippen molar-refractivity contribution in [1.29, 1.82) is 0 Å². The maximum Gasteiger partial charge on any atom is 0.321 e. The summed E-state index contributed by atoms with van der Waals surface area (Å²) >= 11 is 0. The van der Waals surface area contributed by atoms with Gasteiger partial charge in [0.25, 0.3) is 0 Å². The molecule has 2 saturated heterocycles. The number of carbonyl (C=O) groups is 1. The molecule has 6 rings (SSSR count). The zero-order valence-corrected chi connectivity index (χ0v) is 22.7. The van der Waals surface area contributed by atoms with E-state index in [4.69, 9.17) is 4.74 Å². The van der Waals surface area contributed by atoms with Crippen LogP contribution in [0.25, 0.3) is 33.7 Å². The van der Waals surface area contributed by atoms with Crippen molar-refractivity contribution in [2.75, 3.05) is 64.8 Å². The number of likely N-dealkylation sites (N-methyl/N-ethyl adjacent to an activating group) is 1. The average Bonchev–Trinajstić information content (AvgIpc) is 3.66. The first-order valence-electron chi connectivity index (χ1n) is 13.9. The summed E-state index contributed by atoms with van der Waals surface area (Å²) in [4.78, 5) is 31.2. The lowest BCUT2D eigenvalue weighted by molar-refractivity contribution is 0.134. The minimum atomic E-state index is -0.429. The number of aromatic amines is 1. The number of benzene rings is 2. The number of aromatic nitrogens is 3. The van der Waals surface area contributed by atoms with E-state index in [0.29, 0.717) is 29.3 Å². The molecule has 4 heterocycles. The Morgan fingerprint density at radius 2 is 1.77 bits per heavy atom. The second-order valence-corrected chi connectivity index (χ2v) is 10.5. The summed E-state index contributed by atoms with van der Waals surface area (Å²) in [7, 11) is 2.16. The van der Waals surface area contributed by atoms with Gasteiger partial charge in [-0.25, -0.2) is 19.2 Å². The van der Waals surface area contributed by atoms with E-state index in [-0.39, 0.29) is 11.6 Å². The number of fused-ring (bicyclic) bond motifs is 1. The SMILES string of the molecule is CN1CCN(CCOc2ccc(-c3cnc4nc(-c5cc(NC(=O)N6CCCC6)ccc5F)[nH]c4c3)cc2)CC1. The van der Waals surface area contributed by atoms with Crippen LogP contribution in [-0.4, -0.2) is 95.2 Å². The van der Waals surface area contributed by atoms with Crippen LogP contribution < -0.4 is 10.1 Å². The summed E-state index contributed by atoms with van der Waals surface area (Å²) in [6.45, 7) is 7.43. The van der Waals surface area contributed by atoms with E-state index in [1.54, 1.807) is 23.2 Å². The number of piperazine rings is 1. The number of rotatable bonds is 7. The first kappa shape index (κ1) is 26.2. The van der Waals surface area contributed by atoms with Crippen molar-refractivity contribution in [1.82, 2.24) is 29.7 Å². The minimum absolute atomic E-state index is 0.169. The van der Waals surface area contributed by atoms with E-state index in [9.17, 15) is 9.18 Å². The van der Waals surface area contributed by atoms with Gasteiger partial charge in [-0.3, -0.25) is 4.90 Å².